The van der Waals surface area contributed by atoms with Crippen molar-refractivity contribution in [1.29, 1.82) is 0 Å². The summed E-state index contributed by atoms with van der Waals surface area (Å²) in [6.45, 7) is 10.1. The number of rotatable bonds is 3. The second kappa shape index (κ2) is 7.61. The van der Waals surface area contributed by atoms with Gasteiger partial charge in [-0.1, -0.05) is 5.16 Å². The minimum absolute atomic E-state index is 0.0373. The fourth-order valence-corrected chi connectivity index (χ4v) is 2.41. The van der Waals surface area contributed by atoms with Gasteiger partial charge in [0.2, 0.25) is 0 Å². The van der Waals surface area contributed by atoms with Crippen LogP contribution in [-0.4, -0.2) is 32.1 Å². The first-order valence-electron chi connectivity index (χ1n) is 8.43. The van der Waals surface area contributed by atoms with Crippen molar-refractivity contribution < 1.29 is 22.8 Å². The van der Waals surface area contributed by atoms with Crippen LogP contribution < -0.4 is 5.32 Å². The van der Waals surface area contributed by atoms with E-state index in [0.29, 0.717) is 17.0 Å². The maximum Gasteiger partial charge on any atom is 0.433 e. The molecule has 0 bridgehead atoms. The molecule has 2 heterocycles. The predicted molar refractivity (Wildman–Crippen MR) is 97.4 cm³/mol. The topological polar surface area (TPSA) is 81.4 Å². The van der Waals surface area contributed by atoms with Crippen LogP contribution in [0.5, 0.6) is 0 Å². The molecule has 0 aliphatic heterocycles. The molecular weight excluding hydrogens is 375 g/mol. The molecule has 0 saturated carbocycles. The van der Waals surface area contributed by atoms with Gasteiger partial charge < -0.3 is 5.32 Å². The molecule has 1 amide bonds. The number of carbonyl (C=O) groups excluding carboxylic acids is 1. The van der Waals surface area contributed by atoms with Crippen molar-refractivity contribution >= 4 is 11.8 Å². The van der Waals surface area contributed by atoms with Gasteiger partial charge in [-0.2, -0.15) is 18.3 Å². The fraction of sp³-hybridized carbons (Fsp3) is 0.444. The van der Waals surface area contributed by atoms with E-state index in [4.69, 9.17) is 4.84 Å². The van der Waals surface area contributed by atoms with Crippen LogP contribution in [0.15, 0.2) is 23.5 Å². The van der Waals surface area contributed by atoms with Gasteiger partial charge in [-0.05, 0) is 53.7 Å². The lowest BCUT2D eigenvalue weighted by molar-refractivity contribution is -0.137. The van der Waals surface area contributed by atoms with Gasteiger partial charge in [-0.3, -0.25) is 4.84 Å². The van der Waals surface area contributed by atoms with Crippen LogP contribution >= 0.6 is 0 Å². The molecular formula is C18H22F3N5O2. The van der Waals surface area contributed by atoms with Gasteiger partial charge >= 0.3 is 12.3 Å². The molecule has 0 aromatic carbocycles. The number of hydrogen-bond acceptors (Lipinski definition) is 5. The molecule has 0 aliphatic rings. The monoisotopic (exact) mass is 397 g/mol. The number of halogens is 3. The van der Waals surface area contributed by atoms with E-state index in [1.807, 2.05) is 0 Å². The second-order valence-corrected chi connectivity index (χ2v) is 7.34. The molecule has 28 heavy (non-hydrogen) atoms. The molecule has 1 N–H and O–H groups in total. The Morgan fingerprint density at radius 1 is 1.21 bits per heavy atom. The van der Waals surface area contributed by atoms with Gasteiger partial charge in [0.25, 0.3) is 0 Å². The predicted octanol–water partition coefficient (Wildman–Crippen LogP) is 4.15. The molecule has 2 aromatic rings. The average molecular weight is 397 g/mol. The molecule has 0 saturated heterocycles. The van der Waals surface area contributed by atoms with E-state index < -0.39 is 23.4 Å². The summed E-state index contributed by atoms with van der Waals surface area (Å²) in [6.07, 6.45) is -3.78. The third-order valence-electron chi connectivity index (χ3n) is 3.63. The molecule has 0 unspecified atom stereocenters. The Morgan fingerprint density at radius 2 is 1.86 bits per heavy atom. The number of aromatic nitrogens is 3. The maximum atomic E-state index is 13.1. The summed E-state index contributed by atoms with van der Waals surface area (Å²) in [6, 6.07) is 1.90. The smallest absolute Gasteiger partial charge is 0.315 e. The number of oxime groups is 1. The van der Waals surface area contributed by atoms with Crippen molar-refractivity contribution in [2.45, 2.75) is 53.3 Å². The molecule has 0 atom stereocenters. The van der Waals surface area contributed by atoms with E-state index in [-0.39, 0.29) is 11.5 Å². The molecule has 0 spiro atoms. The van der Waals surface area contributed by atoms with E-state index in [9.17, 15) is 18.0 Å². The first-order valence-corrected chi connectivity index (χ1v) is 8.43. The van der Waals surface area contributed by atoms with E-state index >= 15 is 0 Å². The zero-order valence-corrected chi connectivity index (χ0v) is 16.5. The second-order valence-electron chi connectivity index (χ2n) is 7.34. The number of nitrogens with one attached hydrogen (secondary N) is 1. The Bertz CT molecular complexity index is 911. The normalized spacial score (nSPS) is 12.8. The minimum atomic E-state index is -4.49. The molecule has 2 aromatic heterocycles. The maximum absolute atomic E-state index is 13.1. The van der Waals surface area contributed by atoms with Crippen molar-refractivity contribution in [3.63, 3.8) is 0 Å². The number of aryl methyl sites for hydroxylation is 1. The summed E-state index contributed by atoms with van der Waals surface area (Å²) >= 11 is 0. The van der Waals surface area contributed by atoms with E-state index in [1.54, 1.807) is 34.6 Å². The summed E-state index contributed by atoms with van der Waals surface area (Å²) in [7, 11) is 0. The SMILES string of the molecule is C/C(=N/OC(=O)NC(C)(C)C)c1cnn(-c2cc(C(F)(F)F)cc(C)n2)c1C. The number of amides is 1. The molecule has 2 rings (SSSR count). The number of carbonyl (C=O) groups is 1. The molecule has 7 nitrogen and oxygen atoms in total. The number of pyridine rings is 1. The standard InChI is InChI=1S/C18H22F3N5O2/c1-10-7-13(18(19,20)21)8-15(23-10)26-12(3)14(9-22-26)11(2)25-28-16(27)24-17(4,5)6/h7-9H,1-6H3,(H,24,27)/b25-11-. The number of alkyl halides is 3. The van der Waals surface area contributed by atoms with Gasteiger partial charge in [0, 0.05) is 16.8 Å². The first-order chi connectivity index (χ1) is 12.8. The minimum Gasteiger partial charge on any atom is -0.315 e. The van der Waals surface area contributed by atoms with Crippen molar-refractivity contribution in [2.24, 2.45) is 5.16 Å². The van der Waals surface area contributed by atoms with E-state index in [0.717, 1.165) is 12.1 Å². The lowest BCUT2D eigenvalue weighted by Crippen LogP contribution is -2.40. The first kappa shape index (κ1) is 21.4. The van der Waals surface area contributed by atoms with Crippen molar-refractivity contribution in [2.75, 3.05) is 0 Å². The van der Waals surface area contributed by atoms with Crippen LogP contribution in [0.3, 0.4) is 0 Å². The lowest BCUT2D eigenvalue weighted by atomic mass is 10.1. The Hall–Kier alpha value is -2.91. The largest absolute Gasteiger partial charge is 0.433 e. The highest BCUT2D eigenvalue weighted by molar-refractivity contribution is 5.99. The summed E-state index contributed by atoms with van der Waals surface area (Å²) in [5.41, 5.74) is 0.297. The van der Waals surface area contributed by atoms with Crippen LogP contribution in [0.1, 0.15) is 50.2 Å². The molecule has 0 fully saturated rings. The third-order valence-corrected chi connectivity index (χ3v) is 3.63. The number of nitrogens with zero attached hydrogens (tertiary/aromatic N) is 4. The molecule has 152 valence electrons. The van der Waals surface area contributed by atoms with Crippen molar-refractivity contribution in [1.82, 2.24) is 20.1 Å². The molecule has 10 heteroatoms. The van der Waals surface area contributed by atoms with Crippen LogP contribution in [0.25, 0.3) is 5.82 Å². The summed E-state index contributed by atoms with van der Waals surface area (Å²) in [4.78, 5) is 20.7. The van der Waals surface area contributed by atoms with Crippen LogP contribution in [0.2, 0.25) is 0 Å². The highest BCUT2D eigenvalue weighted by Gasteiger charge is 2.31. The molecule has 0 radical (unpaired) electrons. The lowest BCUT2D eigenvalue weighted by Gasteiger charge is -2.18. The highest BCUT2D eigenvalue weighted by atomic mass is 19.4. The van der Waals surface area contributed by atoms with Crippen molar-refractivity contribution in [3.05, 3.63) is 40.8 Å². The highest BCUT2D eigenvalue weighted by Crippen LogP contribution is 2.30. The Balaban J connectivity index is 2.30. The van der Waals surface area contributed by atoms with Gasteiger partial charge in [0.1, 0.15) is 0 Å². The van der Waals surface area contributed by atoms with Crippen LogP contribution in [0.4, 0.5) is 18.0 Å². The van der Waals surface area contributed by atoms with Crippen LogP contribution in [0, 0.1) is 13.8 Å². The van der Waals surface area contributed by atoms with Gasteiger partial charge in [0.15, 0.2) is 5.82 Å². The summed E-state index contributed by atoms with van der Waals surface area (Å²) in [5, 5.41) is 10.5. The van der Waals surface area contributed by atoms with Gasteiger partial charge in [-0.25, -0.2) is 14.5 Å². The zero-order chi connectivity index (χ0) is 21.3. The summed E-state index contributed by atoms with van der Waals surface area (Å²) in [5.74, 6) is 0.0373. The Labute approximate surface area is 160 Å². The Morgan fingerprint density at radius 3 is 2.43 bits per heavy atom. The van der Waals surface area contributed by atoms with E-state index in [2.05, 4.69) is 20.6 Å². The van der Waals surface area contributed by atoms with Gasteiger partial charge in [-0.15, -0.1) is 0 Å². The van der Waals surface area contributed by atoms with Crippen molar-refractivity contribution in [3.8, 4) is 5.82 Å². The quantitative estimate of drug-likeness (QED) is 0.479. The summed E-state index contributed by atoms with van der Waals surface area (Å²) < 4.78 is 40.5. The van der Waals surface area contributed by atoms with Crippen LogP contribution in [-0.2, 0) is 11.0 Å². The zero-order valence-electron chi connectivity index (χ0n) is 16.5. The van der Waals surface area contributed by atoms with Gasteiger partial charge in [0.05, 0.1) is 23.2 Å². The third kappa shape index (κ3) is 5.30. The Kier molecular flexibility index (Phi) is 5.81. The number of hydrogen-bond donors (Lipinski definition) is 1. The van der Waals surface area contributed by atoms with E-state index in [1.165, 1.54) is 17.8 Å². The average Bonchev–Trinajstić information content (AvgIpc) is 2.91. The fourth-order valence-electron chi connectivity index (χ4n) is 2.41. The molecule has 0 aliphatic carbocycles.